The first-order chi connectivity index (χ1) is 9.80. The molecule has 2 aromatic rings. The van der Waals surface area contributed by atoms with E-state index in [4.69, 9.17) is 15.4 Å². The zero-order valence-corrected chi connectivity index (χ0v) is 12.5. The SMILES string of the molecule is Cn1ccnc1CCOc1ccc(S(=O)(=O)Cl)c(F)c1F. The van der Waals surface area contributed by atoms with E-state index in [0.717, 1.165) is 18.0 Å². The maximum absolute atomic E-state index is 13.7. The molecule has 0 aliphatic rings. The van der Waals surface area contributed by atoms with Crippen LogP contribution in [-0.2, 0) is 22.5 Å². The van der Waals surface area contributed by atoms with Crippen molar-refractivity contribution in [2.75, 3.05) is 6.61 Å². The average molecular weight is 337 g/mol. The number of imidazole rings is 1. The maximum atomic E-state index is 13.7. The highest BCUT2D eigenvalue weighted by Gasteiger charge is 2.22. The molecule has 1 aromatic carbocycles. The highest BCUT2D eigenvalue weighted by atomic mass is 35.7. The fourth-order valence-corrected chi connectivity index (χ4v) is 2.60. The van der Waals surface area contributed by atoms with Gasteiger partial charge in [0.25, 0.3) is 9.05 Å². The van der Waals surface area contributed by atoms with E-state index in [2.05, 4.69) is 4.98 Å². The number of hydrogen-bond acceptors (Lipinski definition) is 4. The van der Waals surface area contributed by atoms with Crippen molar-refractivity contribution in [1.29, 1.82) is 0 Å². The van der Waals surface area contributed by atoms with Gasteiger partial charge in [-0.05, 0) is 12.1 Å². The number of ether oxygens (including phenoxy) is 1. The summed E-state index contributed by atoms with van der Waals surface area (Å²) >= 11 is 0. The molecular weight excluding hydrogens is 326 g/mol. The summed E-state index contributed by atoms with van der Waals surface area (Å²) in [6.07, 6.45) is 3.74. The second kappa shape index (κ2) is 5.98. The van der Waals surface area contributed by atoms with Gasteiger partial charge in [-0.3, -0.25) is 0 Å². The molecule has 0 bridgehead atoms. The zero-order chi connectivity index (χ0) is 15.6. The molecule has 5 nitrogen and oxygen atoms in total. The molecule has 0 spiro atoms. The van der Waals surface area contributed by atoms with Gasteiger partial charge in [-0.2, -0.15) is 4.39 Å². The van der Waals surface area contributed by atoms with Crippen LogP contribution in [0.4, 0.5) is 8.78 Å². The molecule has 21 heavy (non-hydrogen) atoms. The Morgan fingerprint density at radius 1 is 1.33 bits per heavy atom. The summed E-state index contributed by atoms with van der Waals surface area (Å²) in [5.41, 5.74) is 0. The molecule has 0 atom stereocenters. The molecule has 0 saturated heterocycles. The van der Waals surface area contributed by atoms with Gasteiger partial charge < -0.3 is 9.30 Å². The van der Waals surface area contributed by atoms with E-state index in [0.29, 0.717) is 6.42 Å². The topological polar surface area (TPSA) is 61.2 Å². The third-order valence-electron chi connectivity index (χ3n) is 2.78. The molecule has 0 radical (unpaired) electrons. The van der Waals surface area contributed by atoms with E-state index in [1.807, 2.05) is 0 Å². The molecule has 114 valence electrons. The fraction of sp³-hybridized carbons (Fsp3) is 0.250. The van der Waals surface area contributed by atoms with E-state index in [1.54, 1.807) is 24.0 Å². The molecule has 0 aliphatic carbocycles. The van der Waals surface area contributed by atoms with E-state index < -0.39 is 25.6 Å². The summed E-state index contributed by atoms with van der Waals surface area (Å²) in [5, 5.41) is 0. The summed E-state index contributed by atoms with van der Waals surface area (Å²) in [6, 6.07) is 1.88. The smallest absolute Gasteiger partial charge is 0.264 e. The molecule has 0 aliphatic heterocycles. The Bertz CT molecular complexity index is 762. The van der Waals surface area contributed by atoms with Gasteiger partial charge in [0.05, 0.1) is 6.61 Å². The van der Waals surface area contributed by atoms with E-state index in [1.165, 1.54) is 0 Å². The third kappa shape index (κ3) is 3.51. The molecule has 0 unspecified atom stereocenters. The van der Waals surface area contributed by atoms with Gasteiger partial charge in [0, 0.05) is 36.5 Å². The van der Waals surface area contributed by atoms with Crippen LogP contribution in [0.25, 0.3) is 0 Å². The van der Waals surface area contributed by atoms with Crippen LogP contribution >= 0.6 is 10.7 Å². The second-order valence-corrected chi connectivity index (χ2v) is 6.71. The van der Waals surface area contributed by atoms with Crippen molar-refractivity contribution in [3.63, 3.8) is 0 Å². The van der Waals surface area contributed by atoms with Gasteiger partial charge in [-0.1, -0.05) is 0 Å². The standard InChI is InChI=1S/C12H11ClF2N2O3S/c1-17-6-5-16-10(17)4-7-20-8-2-3-9(21(13,18)19)12(15)11(8)14/h2-3,5-6H,4,7H2,1H3. The Morgan fingerprint density at radius 2 is 2.05 bits per heavy atom. The lowest BCUT2D eigenvalue weighted by Gasteiger charge is -2.09. The molecule has 0 saturated carbocycles. The van der Waals surface area contributed by atoms with E-state index in [9.17, 15) is 17.2 Å². The molecule has 1 aromatic heterocycles. The monoisotopic (exact) mass is 336 g/mol. The van der Waals surface area contributed by atoms with Crippen molar-refractivity contribution in [2.24, 2.45) is 7.05 Å². The van der Waals surface area contributed by atoms with Crippen LogP contribution in [0.2, 0.25) is 0 Å². The number of halogens is 3. The number of nitrogens with zero attached hydrogens (tertiary/aromatic N) is 2. The first-order valence-corrected chi connectivity index (χ1v) is 8.13. The Morgan fingerprint density at radius 3 is 2.62 bits per heavy atom. The Labute approximate surface area is 124 Å². The van der Waals surface area contributed by atoms with Crippen molar-refractivity contribution < 1.29 is 21.9 Å². The van der Waals surface area contributed by atoms with Crippen LogP contribution in [0, 0.1) is 11.6 Å². The summed E-state index contributed by atoms with van der Waals surface area (Å²) in [6.45, 7) is 0.0637. The van der Waals surface area contributed by atoms with Crippen LogP contribution in [0.3, 0.4) is 0 Å². The van der Waals surface area contributed by atoms with Gasteiger partial charge >= 0.3 is 0 Å². The fourth-order valence-electron chi connectivity index (χ4n) is 1.70. The normalized spacial score (nSPS) is 11.6. The second-order valence-electron chi connectivity index (χ2n) is 4.18. The van der Waals surface area contributed by atoms with Crippen molar-refractivity contribution in [1.82, 2.24) is 9.55 Å². The minimum atomic E-state index is -4.35. The van der Waals surface area contributed by atoms with Crippen molar-refractivity contribution in [2.45, 2.75) is 11.3 Å². The number of aryl methyl sites for hydroxylation is 1. The highest BCUT2D eigenvalue weighted by molar-refractivity contribution is 8.13. The van der Waals surface area contributed by atoms with E-state index in [-0.39, 0.29) is 12.4 Å². The number of rotatable bonds is 5. The predicted octanol–water partition coefficient (Wildman–Crippen LogP) is 2.25. The van der Waals surface area contributed by atoms with Gasteiger partial charge in [-0.15, -0.1) is 0 Å². The minimum absolute atomic E-state index is 0.0637. The largest absolute Gasteiger partial charge is 0.490 e. The summed E-state index contributed by atoms with van der Waals surface area (Å²) in [5.74, 6) is -2.61. The quantitative estimate of drug-likeness (QED) is 0.786. The molecular formula is C12H11ClF2N2O3S. The van der Waals surface area contributed by atoms with Crippen LogP contribution in [-0.4, -0.2) is 24.6 Å². The zero-order valence-electron chi connectivity index (χ0n) is 10.9. The third-order valence-corrected chi connectivity index (χ3v) is 4.12. The molecule has 0 N–H and O–H groups in total. The first kappa shape index (κ1) is 15.7. The highest BCUT2D eigenvalue weighted by Crippen LogP contribution is 2.27. The van der Waals surface area contributed by atoms with Crippen LogP contribution in [0.15, 0.2) is 29.4 Å². The Hall–Kier alpha value is -1.67. The van der Waals surface area contributed by atoms with Gasteiger partial charge in [0.15, 0.2) is 11.6 Å². The lowest BCUT2D eigenvalue weighted by Crippen LogP contribution is -2.08. The number of benzene rings is 1. The van der Waals surface area contributed by atoms with Crippen molar-refractivity contribution >= 4 is 19.7 Å². The lowest BCUT2D eigenvalue weighted by molar-refractivity contribution is 0.294. The Kier molecular flexibility index (Phi) is 4.48. The van der Waals surface area contributed by atoms with Gasteiger partial charge in [0.2, 0.25) is 5.82 Å². The van der Waals surface area contributed by atoms with E-state index >= 15 is 0 Å². The first-order valence-electron chi connectivity index (χ1n) is 5.82. The summed E-state index contributed by atoms with van der Waals surface area (Å²) in [7, 11) is 2.44. The van der Waals surface area contributed by atoms with Crippen LogP contribution < -0.4 is 4.74 Å². The predicted molar refractivity (Wildman–Crippen MR) is 71.8 cm³/mol. The number of hydrogen-bond donors (Lipinski definition) is 0. The summed E-state index contributed by atoms with van der Waals surface area (Å²) < 4.78 is 56.2. The van der Waals surface area contributed by atoms with Gasteiger partial charge in [-0.25, -0.2) is 17.8 Å². The molecule has 1 heterocycles. The molecule has 0 fully saturated rings. The van der Waals surface area contributed by atoms with Crippen molar-refractivity contribution in [3.05, 3.63) is 42.0 Å². The maximum Gasteiger partial charge on any atom is 0.264 e. The average Bonchev–Trinajstić information content (AvgIpc) is 2.79. The molecule has 9 heteroatoms. The van der Waals surface area contributed by atoms with Crippen LogP contribution in [0.5, 0.6) is 5.75 Å². The molecule has 0 amide bonds. The van der Waals surface area contributed by atoms with Crippen molar-refractivity contribution in [3.8, 4) is 5.75 Å². The number of aromatic nitrogens is 2. The minimum Gasteiger partial charge on any atom is -0.490 e. The van der Waals surface area contributed by atoms with Gasteiger partial charge in [0.1, 0.15) is 10.7 Å². The summed E-state index contributed by atoms with van der Waals surface area (Å²) in [4.78, 5) is 3.13. The Balaban J connectivity index is 2.12. The lowest BCUT2D eigenvalue weighted by atomic mass is 10.3. The van der Waals surface area contributed by atoms with Crippen LogP contribution in [0.1, 0.15) is 5.82 Å². The molecule has 2 rings (SSSR count).